The second-order valence-electron chi connectivity index (χ2n) is 16.3. The molecule has 6 heteroatoms. The summed E-state index contributed by atoms with van der Waals surface area (Å²) in [6.45, 7) is 6.32. The van der Waals surface area contributed by atoms with E-state index < -0.39 is 6.10 Å². The third kappa shape index (κ3) is 50.4. The molecule has 0 fully saturated rings. The number of rotatable bonds is 44. The molecule has 364 valence electrons. The number of hydrogen-bond donors (Lipinski definition) is 0. The minimum atomic E-state index is -0.841. The maximum Gasteiger partial charge on any atom is 0.306 e. The molecular formula is C59H92O6. The smallest absolute Gasteiger partial charge is 0.306 e. The Morgan fingerprint density at radius 2 is 0.600 bits per heavy atom. The predicted octanol–water partition coefficient (Wildman–Crippen LogP) is 17.1. The van der Waals surface area contributed by atoms with E-state index in [1.807, 2.05) is 0 Å². The van der Waals surface area contributed by atoms with Crippen LogP contribution in [0.4, 0.5) is 0 Å². The van der Waals surface area contributed by atoms with Crippen molar-refractivity contribution >= 4 is 17.9 Å². The van der Waals surface area contributed by atoms with Crippen molar-refractivity contribution in [2.45, 2.75) is 207 Å². The van der Waals surface area contributed by atoms with Gasteiger partial charge in [-0.05, 0) is 135 Å². The van der Waals surface area contributed by atoms with E-state index in [4.69, 9.17) is 14.2 Å². The van der Waals surface area contributed by atoms with Crippen molar-refractivity contribution in [2.75, 3.05) is 13.2 Å². The van der Waals surface area contributed by atoms with Crippen LogP contribution in [0, 0.1) is 0 Å². The fourth-order valence-corrected chi connectivity index (χ4v) is 6.25. The van der Waals surface area contributed by atoms with Crippen LogP contribution in [0.1, 0.15) is 201 Å². The van der Waals surface area contributed by atoms with E-state index >= 15 is 0 Å². The molecule has 0 unspecified atom stereocenters. The van der Waals surface area contributed by atoms with Gasteiger partial charge in [0.1, 0.15) is 13.2 Å². The van der Waals surface area contributed by atoms with Crippen molar-refractivity contribution < 1.29 is 28.6 Å². The molecule has 0 N–H and O–H groups in total. The van der Waals surface area contributed by atoms with Crippen molar-refractivity contribution in [1.29, 1.82) is 0 Å². The normalized spacial score (nSPS) is 13.2. The maximum atomic E-state index is 12.8. The predicted molar refractivity (Wildman–Crippen MR) is 279 cm³/mol. The number of ether oxygens (including phenoxy) is 3. The van der Waals surface area contributed by atoms with Crippen molar-refractivity contribution in [3.05, 3.63) is 134 Å². The van der Waals surface area contributed by atoms with Gasteiger partial charge in [0.05, 0.1) is 0 Å². The van der Waals surface area contributed by atoms with E-state index in [1.54, 1.807) is 0 Å². The van der Waals surface area contributed by atoms with Gasteiger partial charge in [-0.2, -0.15) is 0 Å². The summed E-state index contributed by atoms with van der Waals surface area (Å²) in [6, 6.07) is 0. The Bertz CT molecular complexity index is 1450. The third-order valence-corrected chi connectivity index (χ3v) is 10.1. The Balaban J connectivity index is 4.63. The van der Waals surface area contributed by atoms with Crippen LogP contribution in [0.25, 0.3) is 0 Å². The average molecular weight is 897 g/mol. The largest absolute Gasteiger partial charge is 0.462 e. The molecule has 0 aromatic heterocycles. The minimum Gasteiger partial charge on any atom is -0.462 e. The van der Waals surface area contributed by atoms with Gasteiger partial charge in [0.15, 0.2) is 6.10 Å². The van der Waals surface area contributed by atoms with E-state index in [0.717, 1.165) is 89.9 Å². The van der Waals surface area contributed by atoms with Crippen molar-refractivity contribution in [3.8, 4) is 0 Å². The molecule has 0 aliphatic rings. The number of carbonyl (C=O) groups excluding carboxylic acids is 3. The highest BCUT2D eigenvalue weighted by Gasteiger charge is 2.19. The number of unbranched alkanes of at least 4 members (excludes halogenated alkanes) is 11. The van der Waals surface area contributed by atoms with Crippen LogP contribution < -0.4 is 0 Å². The lowest BCUT2D eigenvalue weighted by molar-refractivity contribution is -0.167. The van der Waals surface area contributed by atoms with Crippen LogP contribution in [0.5, 0.6) is 0 Å². The Hall–Kier alpha value is -4.45. The van der Waals surface area contributed by atoms with E-state index in [0.29, 0.717) is 19.3 Å². The van der Waals surface area contributed by atoms with E-state index in [1.165, 1.54) is 51.4 Å². The molecule has 0 aliphatic heterocycles. The summed E-state index contributed by atoms with van der Waals surface area (Å²) in [5.74, 6) is -1.08. The summed E-state index contributed by atoms with van der Waals surface area (Å²) in [4.78, 5) is 38.0. The quantitative estimate of drug-likeness (QED) is 0.0262. The Kier molecular flexibility index (Phi) is 48.6. The molecule has 0 saturated heterocycles. The van der Waals surface area contributed by atoms with Gasteiger partial charge in [0.2, 0.25) is 0 Å². The first-order valence-corrected chi connectivity index (χ1v) is 25.7. The molecule has 0 radical (unpaired) electrons. The average Bonchev–Trinajstić information content (AvgIpc) is 3.30. The first-order valence-electron chi connectivity index (χ1n) is 25.7. The SMILES string of the molecule is CC/C=C\C/C=C\C/C=C\C/C=C\C/C=C\CCCC(=O)OC[C@H](COC(=O)CCCC/C=C\C/C=C\C/C=C\CCCCC)OC(=O)CCCC/C=C\C/C=C\C/C=C\CCCCC. The minimum absolute atomic E-state index is 0.136. The number of esters is 3. The van der Waals surface area contributed by atoms with Gasteiger partial charge in [0, 0.05) is 19.3 Å². The highest BCUT2D eigenvalue weighted by Crippen LogP contribution is 2.10. The van der Waals surface area contributed by atoms with E-state index in [9.17, 15) is 14.4 Å². The van der Waals surface area contributed by atoms with Crippen molar-refractivity contribution in [3.63, 3.8) is 0 Å². The van der Waals surface area contributed by atoms with Crippen LogP contribution in [0.3, 0.4) is 0 Å². The molecule has 0 heterocycles. The van der Waals surface area contributed by atoms with Crippen molar-refractivity contribution in [2.24, 2.45) is 0 Å². The Morgan fingerprint density at radius 3 is 0.938 bits per heavy atom. The molecule has 0 spiro atoms. The number of hydrogen-bond acceptors (Lipinski definition) is 6. The van der Waals surface area contributed by atoms with Crippen LogP contribution in [-0.2, 0) is 28.6 Å². The molecule has 1 atom stereocenters. The summed E-state index contributed by atoms with van der Waals surface area (Å²) in [6.07, 6.45) is 73.0. The zero-order valence-corrected chi connectivity index (χ0v) is 41.4. The molecule has 0 saturated carbocycles. The van der Waals surface area contributed by atoms with E-state index in [-0.39, 0.29) is 50.4 Å². The summed E-state index contributed by atoms with van der Waals surface area (Å²) in [5, 5.41) is 0. The van der Waals surface area contributed by atoms with Gasteiger partial charge >= 0.3 is 17.9 Å². The first kappa shape index (κ1) is 60.5. The Morgan fingerprint density at radius 1 is 0.323 bits per heavy atom. The van der Waals surface area contributed by atoms with E-state index in [2.05, 4.69) is 154 Å². The molecule has 0 aromatic carbocycles. The summed E-state index contributed by atoms with van der Waals surface area (Å²) in [5.41, 5.74) is 0. The van der Waals surface area contributed by atoms with Crippen LogP contribution in [0.15, 0.2) is 134 Å². The number of allylic oxidation sites excluding steroid dienone is 22. The Labute approximate surface area is 398 Å². The highest BCUT2D eigenvalue weighted by atomic mass is 16.6. The standard InChI is InChI=1S/C59H92O6/c1-4-7-10-13-16-19-22-25-28-29-32-34-37-40-43-46-49-52-58(61)64-55-56(65-59(62)53-50-47-44-41-38-35-31-27-24-21-18-15-12-9-6-3)54-63-57(60)51-48-45-42-39-36-33-30-26-23-20-17-14-11-8-5-2/h7,10,16-21,25-28,30-32,34,36,38-41,43,56H,4-6,8-9,11-15,22-24,29,33,35,37,42,44-55H2,1-3H3/b10-7-,19-16-,20-17-,21-18-,28-25-,30-26-,31-27-,34-32-,39-36-,41-38-,43-40-/t56-/m0/s1. The molecule has 0 aromatic rings. The fraction of sp³-hybridized carbons (Fsp3) is 0.576. The van der Waals surface area contributed by atoms with Gasteiger partial charge in [0.25, 0.3) is 0 Å². The lowest BCUT2D eigenvalue weighted by Gasteiger charge is -2.18. The topological polar surface area (TPSA) is 78.9 Å². The highest BCUT2D eigenvalue weighted by molar-refractivity contribution is 5.71. The van der Waals surface area contributed by atoms with Crippen LogP contribution in [-0.4, -0.2) is 37.2 Å². The van der Waals surface area contributed by atoms with Gasteiger partial charge in [-0.3, -0.25) is 14.4 Å². The lowest BCUT2D eigenvalue weighted by Crippen LogP contribution is -2.30. The van der Waals surface area contributed by atoms with Gasteiger partial charge < -0.3 is 14.2 Å². The zero-order valence-electron chi connectivity index (χ0n) is 41.4. The zero-order chi connectivity index (χ0) is 47.2. The molecule has 65 heavy (non-hydrogen) atoms. The van der Waals surface area contributed by atoms with Crippen LogP contribution >= 0.6 is 0 Å². The summed E-state index contributed by atoms with van der Waals surface area (Å²) >= 11 is 0. The van der Waals surface area contributed by atoms with Crippen LogP contribution in [0.2, 0.25) is 0 Å². The second kappa shape index (κ2) is 52.2. The number of carbonyl (C=O) groups is 3. The molecular weight excluding hydrogens is 805 g/mol. The fourth-order valence-electron chi connectivity index (χ4n) is 6.25. The molecule has 0 rings (SSSR count). The summed E-state index contributed by atoms with van der Waals surface area (Å²) in [7, 11) is 0. The molecule has 0 bridgehead atoms. The monoisotopic (exact) mass is 897 g/mol. The van der Waals surface area contributed by atoms with Gasteiger partial charge in [-0.1, -0.05) is 180 Å². The second-order valence-corrected chi connectivity index (χ2v) is 16.3. The maximum absolute atomic E-state index is 12.8. The first-order chi connectivity index (χ1) is 32.0. The molecule has 0 amide bonds. The van der Waals surface area contributed by atoms with Gasteiger partial charge in [-0.25, -0.2) is 0 Å². The summed E-state index contributed by atoms with van der Waals surface area (Å²) < 4.78 is 16.7. The third-order valence-electron chi connectivity index (χ3n) is 10.1. The van der Waals surface area contributed by atoms with Gasteiger partial charge in [-0.15, -0.1) is 0 Å². The van der Waals surface area contributed by atoms with Crippen molar-refractivity contribution in [1.82, 2.24) is 0 Å². The molecule has 6 nitrogen and oxygen atoms in total. The molecule has 0 aliphatic carbocycles. The lowest BCUT2D eigenvalue weighted by atomic mass is 10.1.